The second-order valence-corrected chi connectivity index (χ2v) is 3.91. The number of rotatable bonds is 0. The van der Waals surface area contributed by atoms with E-state index in [4.69, 9.17) is 0 Å². The minimum atomic E-state index is -4.10. The van der Waals surface area contributed by atoms with Crippen molar-refractivity contribution in [3.63, 3.8) is 0 Å². The van der Waals surface area contributed by atoms with Gasteiger partial charge in [-0.2, -0.15) is 21.9 Å². The van der Waals surface area contributed by atoms with Crippen molar-refractivity contribution in [3.8, 4) is 11.8 Å². The van der Waals surface area contributed by atoms with Crippen LogP contribution in [0.2, 0.25) is 0 Å². The highest BCUT2D eigenvalue weighted by molar-refractivity contribution is 7.84. The molecule has 0 radical (unpaired) electrons. The Morgan fingerprint density at radius 3 is 2.85 bits per heavy atom. The van der Waals surface area contributed by atoms with Gasteiger partial charge in [-0.3, -0.25) is 4.18 Å². The summed E-state index contributed by atoms with van der Waals surface area (Å²) >= 11 is 0. The SMILES string of the molecule is C[C@H]1C#CC(F)(F)COS(=O)(=O)N1. The number of halogens is 2. The second-order valence-electron chi connectivity index (χ2n) is 2.53. The summed E-state index contributed by atoms with van der Waals surface area (Å²) in [6, 6.07) is -0.879. The molecule has 74 valence electrons. The minimum absolute atomic E-state index is 0.879. The highest BCUT2D eigenvalue weighted by Gasteiger charge is 2.31. The number of nitrogens with one attached hydrogen (secondary N) is 1. The van der Waals surface area contributed by atoms with Crippen LogP contribution in [0.25, 0.3) is 0 Å². The molecule has 0 bridgehead atoms. The predicted octanol–water partition coefficient (Wildman–Crippen LogP) is -0.122. The molecule has 0 unspecified atom stereocenters. The third-order valence-electron chi connectivity index (χ3n) is 1.19. The van der Waals surface area contributed by atoms with Crippen molar-refractivity contribution in [2.45, 2.75) is 18.9 Å². The fraction of sp³-hybridized carbons (Fsp3) is 0.667. The van der Waals surface area contributed by atoms with Gasteiger partial charge in [-0.1, -0.05) is 5.92 Å². The van der Waals surface area contributed by atoms with Crippen molar-refractivity contribution in [1.29, 1.82) is 0 Å². The van der Waals surface area contributed by atoms with Gasteiger partial charge in [0, 0.05) is 0 Å². The van der Waals surface area contributed by atoms with Gasteiger partial charge < -0.3 is 0 Å². The van der Waals surface area contributed by atoms with Crippen LogP contribution in [0.4, 0.5) is 8.78 Å². The predicted molar refractivity (Wildman–Crippen MR) is 40.2 cm³/mol. The Bertz CT molecular complexity index is 354. The first-order chi connectivity index (χ1) is 5.81. The van der Waals surface area contributed by atoms with Crippen LogP contribution in [-0.2, 0) is 14.5 Å². The maximum absolute atomic E-state index is 12.6. The summed E-state index contributed by atoms with van der Waals surface area (Å²) in [6.07, 6.45) is 0. The van der Waals surface area contributed by atoms with Crippen molar-refractivity contribution < 1.29 is 21.4 Å². The van der Waals surface area contributed by atoms with Gasteiger partial charge in [0.2, 0.25) is 0 Å². The molecule has 1 atom stereocenters. The second kappa shape index (κ2) is 3.21. The zero-order valence-electron chi connectivity index (χ0n) is 6.67. The molecule has 4 nitrogen and oxygen atoms in total. The van der Waals surface area contributed by atoms with E-state index in [0.717, 1.165) is 0 Å². The van der Waals surface area contributed by atoms with E-state index in [9.17, 15) is 17.2 Å². The van der Waals surface area contributed by atoms with E-state index in [1.165, 1.54) is 6.92 Å². The molecule has 1 rings (SSSR count). The summed E-state index contributed by atoms with van der Waals surface area (Å²) in [5.41, 5.74) is 0. The zero-order chi connectivity index (χ0) is 10.1. The minimum Gasteiger partial charge on any atom is -0.251 e. The Balaban J connectivity index is 2.95. The molecule has 0 aromatic rings. The molecule has 0 aliphatic carbocycles. The molecule has 0 aromatic heterocycles. The highest BCUT2D eigenvalue weighted by atomic mass is 32.2. The lowest BCUT2D eigenvalue weighted by Crippen LogP contribution is -2.38. The monoisotopic (exact) mass is 211 g/mol. The van der Waals surface area contributed by atoms with E-state index < -0.39 is 28.9 Å². The molecule has 1 aliphatic heterocycles. The van der Waals surface area contributed by atoms with Crippen LogP contribution in [0, 0.1) is 11.8 Å². The van der Waals surface area contributed by atoms with Crippen LogP contribution in [0.1, 0.15) is 6.92 Å². The third-order valence-corrected chi connectivity index (χ3v) is 2.26. The largest absolute Gasteiger partial charge is 0.337 e. The van der Waals surface area contributed by atoms with E-state index in [2.05, 4.69) is 10.1 Å². The van der Waals surface area contributed by atoms with Crippen LogP contribution < -0.4 is 4.72 Å². The molecular formula is C6H7F2NO3S. The lowest BCUT2D eigenvalue weighted by molar-refractivity contribution is 0.0151. The van der Waals surface area contributed by atoms with Gasteiger partial charge in [0.15, 0.2) is 0 Å². The average molecular weight is 211 g/mol. The van der Waals surface area contributed by atoms with Gasteiger partial charge in [0.05, 0.1) is 6.04 Å². The first-order valence-electron chi connectivity index (χ1n) is 3.38. The molecule has 0 spiro atoms. The van der Waals surface area contributed by atoms with Crippen molar-refractivity contribution in [2.75, 3.05) is 6.61 Å². The van der Waals surface area contributed by atoms with Gasteiger partial charge in [-0.05, 0) is 12.8 Å². The summed E-state index contributed by atoms with van der Waals surface area (Å²) in [7, 11) is -4.10. The van der Waals surface area contributed by atoms with Gasteiger partial charge in [0.25, 0.3) is 0 Å². The first-order valence-corrected chi connectivity index (χ1v) is 4.79. The Labute approximate surface area is 74.5 Å². The molecule has 0 fully saturated rings. The molecule has 0 saturated carbocycles. The summed E-state index contributed by atoms with van der Waals surface area (Å²) in [4.78, 5) is 0. The van der Waals surface area contributed by atoms with Crippen LogP contribution in [0.3, 0.4) is 0 Å². The van der Waals surface area contributed by atoms with Crippen LogP contribution in [0.5, 0.6) is 0 Å². The van der Waals surface area contributed by atoms with E-state index >= 15 is 0 Å². The topological polar surface area (TPSA) is 55.4 Å². The molecule has 7 heteroatoms. The Hall–Kier alpha value is -0.710. The van der Waals surface area contributed by atoms with Crippen molar-refractivity contribution in [1.82, 2.24) is 4.72 Å². The summed E-state index contributed by atoms with van der Waals surface area (Å²) in [5.74, 6) is 0.260. The van der Waals surface area contributed by atoms with Gasteiger partial charge in [-0.15, -0.1) is 0 Å². The molecule has 1 aliphatic rings. The van der Waals surface area contributed by atoms with Crippen molar-refractivity contribution in [3.05, 3.63) is 0 Å². The maximum Gasteiger partial charge on any atom is 0.337 e. The molecule has 0 amide bonds. The fourth-order valence-electron chi connectivity index (χ4n) is 0.681. The third kappa shape index (κ3) is 3.26. The number of hydrogen-bond donors (Lipinski definition) is 1. The summed E-state index contributed by atoms with van der Waals surface area (Å²) < 4.78 is 52.6. The normalized spacial score (nSPS) is 30.8. The van der Waals surface area contributed by atoms with Gasteiger partial charge in [-0.25, -0.2) is 0 Å². The molecule has 1 heterocycles. The van der Waals surface area contributed by atoms with E-state index in [-0.39, 0.29) is 0 Å². The van der Waals surface area contributed by atoms with Crippen LogP contribution >= 0.6 is 0 Å². The van der Waals surface area contributed by atoms with Crippen molar-refractivity contribution in [2.24, 2.45) is 0 Å². The quantitative estimate of drug-likeness (QED) is 0.568. The van der Waals surface area contributed by atoms with E-state index in [1.54, 1.807) is 5.92 Å². The maximum atomic E-state index is 12.6. The zero-order valence-corrected chi connectivity index (χ0v) is 7.49. The van der Waals surface area contributed by atoms with Crippen molar-refractivity contribution >= 4 is 10.3 Å². The molecule has 13 heavy (non-hydrogen) atoms. The Morgan fingerprint density at radius 2 is 2.23 bits per heavy atom. The van der Waals surface area contributed by atoms with Gasteiger partial charge in [0.1, 0.15) is 6.61 Å². The van der Waals surface area contributed by atoms with Gasteiger partial charge >= 0.3 is 16.2 Å². The standard InChI is InChI=1S/C6H7F2NO3S/c1-5-2-3-6(7,8)4-12-13(10,11)9-5/h5,9H,4H2,1H3/t5-/m0/s1. The molecular weight excluding hydrogens is 204 g/mol. The Morgan fingerprint density at radius 1 is 1.62 bits per heavy atom. The number of alkyl halides is 2. The summed E-state index contributed by atoms with van der Waals surface area (Å²) in [6.45, 7) is 0.0946. The molecule has 0 aromatic carbocycles. The Kier molecular flexibility index (Phi) is 2.56. The lowest BCUT2D eigenvalue weighted by atomic mass is 10.3. The first kappa shape index (κ1) is 10.4. The number of hydrogen-bond acceptors (Lipinski definition) is 3. The lowest BCUT2D eigenvalue weighted by Gasteiger charge is -2.15. The van der Waals surface area contributed by atoms with Crippen LogP contribution in [-0.4, -0.2) is 27.0 Å². The summed E-state index contributed by atoms with van der Waals surface area (Å²) in [5, 5.41) is 0. The molecule has 0 saturated heterocycles. The fourth-order valence-corrected chi connectivity index (χ4v) is 1.54. The smallest absolute Gasteiger partial charge is 0.251 e. The van der Waals surface area contributed by atoms with Crippen LogP contribution in [0.15, 0.2) is 0 Å². The van der Waals surface area contributed by atoms with E-state index in [1.807, 2.05) is 4.72 Å². The molecule has 1 N–H and O–H groups in total. The highest BCUT2D eigenvalue weighted by Crippen LogP contribution is 2.14. The van der Waals surface area contributed by atoms with E-state index in [0.29, 0.717) is 0 Å². The average Bonchev–Trinajstić information content (AvgIpc) is 1.96.